The lowest BCUT2D eigenvalue weighted by Crippen LogP contribution is -2.61. The van der Waals surface area contributed by atoms with Crippen LogP contribution >= 0.6 is 0 Å². The topological polar surface area (TPSA) is 99.3 Å². The SMILES string of the molecule is CC(C)(C)OC(=O)N1CCC2(CC1)CN(c1cccc3c1CN(C1CCC(=O)NC1=O)C3=O)C2. The van der Waals surface area contributed by atoms with Gasteiger partial charge in [0.1, 0.15) is 11.6 Å². The molecule has 182 valence electrons. The van der Waals surface area contributed by atoms with Crippen LogP contribution in [-0.2, 0) is 20.9 Å². The van der Waals surface area contributed by atoms with Crippen LogP contribution in [0.5, 0.6) is 0 Å². The molecule has 0 saturated carbocycles. The molecule has 1 atom stereocenters. The molecule has 1 spiro atoms. The maximum Gasteiger partial charge on any atom is 0.410 e. The standard InChI is InChI=1S/C25H32N4O5/c1-24(2,3)34-23(33)27-11-9-25(10-12-27)14-28(15-25)18-6-4-5-16-17(18)13-29(22(16)32)19-7-8-20(30)26-21(19)31/h4-6,19H,7-15H2,1-3H3,(H,26,30,31). The summed E-state index contributed by atoms with van der Waals surface area (Å²) in [5, 5.41) is 2.36. The van der Waals surface area contributed by atoms with Crippen molar-refractivity contribution in [3.8, 4) is 0 Å². The highest BCUT2D eigenvalue weighted by Gasteiger charge is 2.48. The average molecular weight is 469 g/mol. The normalized spacial score (nSPS) is 24.1. The number of hydrogen-bond donors (Lipinski definition) is 1. The van der Waals surface area contributed by atoms with Crippen LogP contribution in [0.2, 0.25) is 0 Å². The molecular weight excluding hydrogens is 436 g/mol. The summed E-state index contributed by atoms with van der Waals surface area (Å²) in [6, 6.07) is 5.16. The average Bonchev–Trinajstić information content (AvgIpc) is 3.07. The van der Waals surface area contributed by atoms with E-state index in [-0.39, 0.29) is 29.7 Å². The minimum atomic E-state index is -0.606. The number of piperidine rings is 2. The van der Waals surface area contributed by atoms with Gasteiger partial charge < -0.3 is 19.4 Å². The van der Waals surface area contributed by atoms with Gasteiger partial charge in [-0.25, -0.2) is 4.79 Å². The van der Waals surface area contributed by atoms with E-state index >= 15 is 0 Å². The quantitative estimate of drug-likeness (QED) is 0.669. The summed E-state index contributed by atoms with van der Waals surface area (Å²) < 4.78 is 5.51. The van der Waals surface area contributed by atoms with E-state index in [1.165, 1.54) is 0 Å². The van der Waals surface area contributed by atoms with Gasteiger partial charge >= 0.3 is 6.09 Å². The molecule has 3 fully saturated rings. The third-order valence-corrected chi connectivity index (χ3v) is 7.43. The Balaban J connectivity index is 1.23. The van der Waals surface area contributed by atoms with Crippen molar-refractivity contribution in [2.45, 2.75) is 64.6 Å². The Labute approximate surface area is 199 Å². The van der Waals surface area contributed by atoms with Crippen molar-refractivity contribution >= 4 is 29.5 Å². The third-order valence-electron chi connectivity index (χ3n) is 7.43. The predicted octanol–water partition coefficient (Wildman–Crippen LogP) is 2.28. The summed E-state index contributed by atoms with van der Waals surface area (Å²) in [6.07, 6.45) is 2.23. The van der Waals surface area contributed by atoms with Gasteiger partial charge in [0.2, 0.25) is 11.8 Å². The Hall–Kier alpha value is -3.10. The zero-order valence-corrected chi connectivity index (χ0v) is 20.1. The number of ether oxygens (including phenoxy) is 1. The molecule has 0 radical (unpaired) electrons. The number of anilines is 1. The van der Waals surface area contributed by atoms with Crippen LogP contribution < -0.4 is 10.2 Å². The summed E-state index contributed by atoms with van der Waals surface area (Å²) in [4.78, 5) is 55.1. The lowest BCUT2D eigenvalue weighted by molar-refractivity contribution is -0.136. The van der Waals surface area contributed by atoms with Crippen LogP contribution in [0.3, 0.4) is 0 Å². The molecule has 1 aromatic rings. The van der Waals surface area contributed by atoms with Crippen LogP contribution in [0.25, 0.3) is 0 Å². The van der Waals surface area contributed by atoms with Gasteiger partial charge in [-0.15, -0.1) is 0 Å². The van der Waals surface area contributed by atoms with Gasteiger partial charge in [-0.05, 0) is 52.2 Å². The Morgan fingerprint density at radius 2 is 1.82 bits per heavy atom. The van der Waals surface area contributed by atoms with Crippen molar-refractivity contribution in [2.75, 3.05) is 31.1 Å². The molecule has 34 heavy (non-hydrogen) atoms. The second-order valence-electron chi connectivity index (χ2n) is 11.0. The zero-order chi connectivity index (χ0) is 24.3. The Bertz CT molecular complexity index is 1050. The number of rotatable bonds is 2. The second kappa shape index (κ2) is 7.99. The van der Waals surface area contributed by atoms with Gasteiger partial charge in [-0.3, -0.25) is 19.7 Å². The van der Waals surface area contributed by atoms with Crippen molar-refractivity contribution in [3.05, 3.63) is 29.3 Å². The highest BCUT2D eigenvalue weighted by atomic mass is 16.6. The molecule has 4 heterocycles. The minimum absolute atomic E-state index is 0.146. The Morgan fingerprint density at radius 3 is 2.47 bits per heavy atom. The minimum Gasteiger partial charge on any atom is -0.444 e. The number of nitrogens with one attached hydrogen (secondary N) is 1. The molecule has 0 aromatic heterocycles. The fourth-order valence-electron chi connectivity index (χ4n) is 5.61. The molecule has 1 aromatic carbocycles. The van der Waals surface area contributed by atoms with Gasteiger partial charge in [-0.2, -0.15) is 0 Å². The van der Waals surface area contributed by atoms with Crippen LogP contribution in [0.15, 0.2) is 18.2 Å². The maximum absolute atomic E-state index is 13.1. The van der Waals surface area contributed by atoms with Crippen LogP contribution in [-0.4, -0.2) is 71.4 Å². The Kier molecular flexibility index (Phi) is 5.33. The van der Waals surface area contributed by atoms with E-state index in [0.29, 0.717) is 31.6 Å². The maximum atomic E-state index is 13.1. The van der Waals surface area contributed by atoms with Crippen molar-refractivity contribution in [3.63, 3.8) is 0 Å². The first kappa shape index (κ1) is 22.7. The van der Waals surface area contributed by atoms with E-state index < -0.39 is 17.6 Å². The molecule has 0 aliphatic carbocycles. The summed E-state index contributed by atoms with van der Waals surface area (Å²) in [5.41, 5.74) is 2.32. The largest absolute Gasteiger partial charge is 0.444 e. The van der Waals surface area contributed by atoms with Gasteiger partial charge in [0.05, 0.1) is 0 Å². The molecule has 5 rings (SSSR count). The molecule has 4 aliphatic rings. The second-order valence-corrected chi connectivity index (χ2v) is 11.0. The molecule has 4 aliphatic heterocycles. The van der Waals surface area contributed by atoms with Crippen LogP contribution in [0.4, 0.5) is 10.5 Å². The van der Waals surface area contributed by atoms with Crippen molar-refractivity contribution in [1.29, 1.82) is 0 Å². The first-order chi connectivity index (χ1) is 16.1. The number of amides is 4. The summed E-state index contributed by atoms with van der Waals surface area (Å²) >= 11 is 0. The third kappa shape index (κ3) is 4.01. The number of carbonyl (C=O) groups excluding carboxylic acids is 4. The first-order valence-corrected chi connectivity index (χ1v) is 12.0. The molecule has 4 amide bonds. The number of likely N-dealkylation sites (tertiary alicyclic amines) is 1. The lowest BCUT2D eigenvalue weighted by Gasteiger charge is -2.55. The number of imide groups is 1. The van der Waals surface area contributed by atoms with E-state index in [4.69, 9.17) is 4.74 Å². The number of carbonyl (C=O) groups is 4. The van der Waals surface area contributed by atoms with Crippen molar-refractivity contribution in [1.82, 2.24) is 15.1 Å². The number of hydrogen-bond acceptors (Lipinski definition) is 6. The van der Waals surface area contributed by atoms with E-state index in [0.717, 1.165) is 37.2 Å². The summed E-state index contributed by atoms with van der Waals surface area (Å²) in [7, 11) is 0. The van der Waals surface area contributed by atoms with E-state index in [2.05, 4.69) is 10.2 Å². The van der Waals surface area contributed by atoms with Gasteiger partial charge in [0, 0.05) is 61.4 Å². The molecule has 0 bridgehead atoms. The van der Waals surface area contributed by atoms with Gasteiger partial charge in [0.15, 0.2) is 0 Å². The van der Waals surface area contributed by atoms with Crippen LogP contribution in [0, 0.1) is 5.41 Å². The summed E-state index contributed by atoms with van der Waals surface area (Å²) in [6.45, 7) is 9.18. The lowest BCUT2D eigenvalue weighted by atomic mass is 9.71. The van der Waals surface area contributed by atoms with Crippen LogP contribution in [0.1, 0.15) is 62.4 Å². The molecule has 1 N–H and O–H groups in total. The van der Waals surface area contributed by atoms with E-state index in [1.54, 1.807) is 9.80 Å². The van der Waals surface area contributed by atoms with Crippen molar-refractivity contribution < 1.29 is 23.9 Å². The molecule has 9 heteroatoms. The van der Waals surface area contributed by atoms with Gasteiger partial charge in [-0.1, -0.05) is 6.07 Å². The highest BCUT2D eigenvalue weighted by Crippen LogP contribution is 2.45. The smallest absolute Gasteiger partial charge is 0.410 e. The number of nitrogens with zero attached hydrogens (tertiary/aromatic N) is 3. The van der Waals surface area contributed by atoms with Crippen molar-refractivity contribution in [2.24, 2.45) is 5.41 Å². The zero-order valence-electron chi connectivity index (χ0n) is 20.1. The summed E-state index contributed by atoms with van der Waals surface area (Å²) in [5.74, 6) is -0.819. The number of benzene rings is 1. The molecule has 9 nitrogen and oxygen atoms in total. The van der Waals surface area contributed by atoms with E-state index in [1.807, 2.05) is 39.0 Å². The predicted molar refractivity (Wildman–Crippen MR) is 124 cm³/mol. The number of fused-ring (bicyclic) bond motifs is 1. The molecule has 1 unspecified atom stereocenters. The highest BCUT2D eigenvalue weighted by molar-refractivity contribution is 6.06. The van der Waals surface area contributed by atoms with E-state index in [9.17, 15) is 19.2 Å². The Morgan fingerprint density at radius 1 is 1.12 bits per heavy atom. The molecule has 3 saturated heterocycles. The first-order valence-electron chi connectivity index (χ1n) is 12.0. The fraction of sp³-hybridized carbons (Fsp3) is 0.600. The monoisotopic (exact) mass is 468 g/mol. The fourth-order valence-corrected chi connectivity index (χ4v) is 5.61. The molecular formula is C25H32N4O5. The van der Waals surface area contributed by atoms with Gasteiger partial charge in [0.25, 0.3) is 5.91 Å².